The third-order valence-electron chi connectivity index (χ3n) is 8.52. The normalized spacial score (nSPS) is 21.2. The number of alkyl carbamates (subject to hydrolysis) is 1. The lowest BCUT2D eigenvalue weighted by molar-refractivity contribution is 0.0852. The van der Waals surface area contributed by atoms with Gasteiger partial charge in [-0.1, -0.05) is 6.92 Å². The lowest BCUT2D eigenvalue weighted by Crippen LogP contribution is -2.62. The number of imidazole rings is 1. The van der Waals surface area contributed by atoms with Gasteiger partial charge >= 0.3 is 6.09 Å². The minimum Gasteiger partial charge on any atom is -0.453 e. The Balaban J connectivity index is 1.27. The third kappa shape index (κ3) is 5.89. The van der Waals surface area contributed by atoms with Crippen LogP contribution in [0.3, 0.4) is 0 Å². The van der Waals surface area contributed by atoms with Gasteiger partial charge in [-0.3, -0.25) is 4.98 Å². The molecule has 10 nitrogen and oxygen atoms in total. The summed E-state index contributed by atoms with van der Waals surface area (Å²) in [6.07, 6.45) is 6.55. The van der Waals surface area contributed by atoms with Crippen LogP contribution in [0.25, 0.3) is 16.8 Å². The number of hydrogen-bond acceptors (Lipinski definition) is 8. The molecule has 2 aliphatic heterocycles. The van der Waals surface area contributed by atoms with Gasteiger partial charge in [-0.15, -0.1) is 0 Å². The highest BCUT2D eigenvalue weighted by atomic mass is 19.1. The molecule has 3 aromatic heterocycles. The molecule has 1 aromatic carbocycles. The van der Waals surface area contributed by atoms with E-state index in [0.29, 0.717) is 49.6 Å². The van der Waals surface area contributed by atoms with Crippen LogP contribution < -0.4 is 16.0 Å². The third-order valence-corrected chi connectivity index (χ3v) is 8.52. The summed E-state index contributed by atoms with van der Waals surface area (Å²) < 4.78 is 42.5. The van der Waals surface area contributed by atoms with E-state index in [9.17, 15) is 4.79 Å². The van der Waals surface area contributed by atoms with E-state index in [4.69, 9.17) is 15.2 Å². The number of nitrogens with two attached hydrogens (primary N) is 1. The highest BCUT2D eigenvalue weighted by Crippen LogP contribution is 2.33. The molecule has 2 saturated heterocycles. The summed E-state index contributed by atoms with van der Waals surface area (Å²) in [7, 11) is 1.33. The highest BCUT2D eigenvalue weighted by molar-refractivity contribution is 5.68. The maximum absolute atomic E-state index is 15.4. The molecule has 5 heterocycles. The van der Waals surface area contributed by atoms with Crippen molar-refractivity contribution in [2.75, 3.05) is 38.3 Å². The van der Waals surface area contributed by atoms with Gasteiger partial charge in [-0.05, 0) is 60.6 Å². The largest absolute Gasteiger partial charge is 0.453 e. The first-order valence-corrected chi connectivity index (χ1v) is 14.5. The zero-order valence-electron chi connectivity index (χ0n) is 24.2. The second-order valence-corrected chi connectivity index (χ2v) is 11.4. The van der Waals surface area contributed by atoms with Crippen molar-refractivity contribution < 1.29 is 23.0 Å². The Morgan fingerprint density at radius 3 is 2.63 bits per heavy atom. The first-order chi connectivity index (χ1) is 20.8. The van der Waals surface area contributed by atoms with Crippen LogP contribution in [-0.2, 0) is 15.9 Å². The van der Waals surface area contributed by atoms with E-state index in [0.717, 1.165) is 24.1 Å². The Kier molecular flexibility index (Phi) is 8.22. The first kappa shape index (κ1) is 28.9. The van der Waals surface area contributed by atoms with Crippen LogP contribution in [0.1, 0.15) is 42.6 Å². The van der Waals surface area contributed by atoms with Crippen LogP contribution in [0.4, 0.5) is 19.3 Å². The number of hydrogen-bond donors (Lipinski definition) is 2. The van der Waals surface area contributed by atoms with Gasteiger partial charge in [0.15, 0.2) is 0 Å². The van der Waals surface area contributed by atoms with E-state index in [2.05, 4.69) is 25.3 Å². The number of carbonyl (C=O) groups is 1. The summed E-state index contributed by atoms with van der Waals surface area (Å²) in [5.41, 5.74) is 9.71. The Morgan fingerprint density at radius 1 is 1.14 bits per heavy atom. The van der Waals surface area contributed by atoms with Crippen molar-refractivity contribution in [3.05, 3.63) is 77.5 Å². The van der Waals surface area contributed by atoms with Crippen LogP contribution in [0.2, 0.25) is 0 Å². The maximum atomic E-state index is 15.4. The second kappa shape index (κ2) is 12.2. The monoisotopic (exact) mass is 591 g/mol. The summed E-state index contributed by atoms with van der Waals surface area (Å²) in [4.78, 5) is 22.9. The maximum Gasteiger partial charge on any atom is 0.407 e. The fourth-order valence-corrected chi connectivity index (χ4v) is 6.29. The molecule has 0 aliphatic carbocycles. The molecule has 2 aliphatic rings. The summed E-state index contributed by atoms with van der Waals surface area (Å²) in [5.74, 6) is -0.544. The molecule has 0 radical (unpaired) electrons. The minimum absolute atomic E-state index is 0.0583. The zero-order valence-corrected chi connectivity index (χ0v) is 24.2. The molecule has 0 spiro atoms. The van der Waals surface area contributed by atoms with Crippen molar-refractivity contribution >= 4 is 17.3 Å². The van der Waals surface area contributed by atoms with Crippen LogP contribution in [0.5, 0.6) is 0 Å². The van der Waals surface area contributed by atoms with Crippen molar-refractivity contribution in [2.45, 2.75) is 44.2 Å². The summed E-state index contributed by atoms with van der Waals surface area (Å²) in [5, 5.41) is 7.48. The number of nitrogens with one attached hydrogen (secondary N) is 1. The average Bonchev–Trinajstić information content (AvgIpc) is 3.41. The number of amides is 1. The second-order valence-electron chi connectivity index (χ2n) is 11.4. The Morgan fingerprint density at radius 2 is 1.91 bits per heavy atom. The molecule has 0 bridgehead atoms. The standard InChI is InChI=1S/C31H35F2N7O3/c1-18-16-39(17-25(34)30(18)37-31(41)42-2)27-5-8-35-14-21(27)13-28-36-15-22-3-4-26(38-40(22)28)29-23(32)11-20(12-24(29)33)19-6-9-43-10-7-19/h3-5,8,11-12,14-15,18-19,25,30H,6-7,9-10,13,16-17,34H2,1-2H3,(H,37,41)/t18-,25+,30-/m0/s1. The zero-order chi connectivity index (χ0) is 30.1. The number of carbonyl (C=O) groups excluding carboxylic acids is 1. The molecular weight excluding hydrogens is 556 g/mol. The SMILES string of the molecule is COC(=O)N[C@@H]1[C@H](N)CN(c2ccncc2Cc2ncc3ccc(-c4c(F)cc(C5CCOCC5)cc4F)nn23)C[C@@H]1C. The number of aromatic nitrogens is 4. The molecule has 3 atom stereocenters. The van der Waals surface area contributed by atoms with Gasteiger partial charge in [0.05, 0.1) is 36.1 Å². The van der Waals surface area contributed by atoms with Crippen molar-refractivity contribution in [1.29, 1.82) is 0 Å². The van der Waals surface area contributed by atoms with E-state index in [1.165, 1.54) is 19.2 Å². The van der Waals surface area contributed by atoms with Gasteiger partial charge in [0.1, 0.15) is 17.5 Å². The molecule has 12 heteroatoms. The molecular formula is C31H35F2N7O3. The number of pyridine rings is 1. The van der Waals surface area contributed by atoms with Crippen molar-refractivity contribution in [2.24, 2.45) is 11.7 Å². The van der Waals surface area contributed by atoms with Gasteiger partial charge in [-0.2, -0.15) is 5.10 Å². The molecule has 2 fully saturated rings. The molecule has 4 aromatic rings. The molecule has 43 heavy (non-hydrogen) atoms. The number of ether oxygens (including phenoxy) is 2. The molecule has 0 unspecified atom stereocenters. The Labute approximate surface area is 248 Å². The predicted molar refractivity (Wildman–Crippen MR) is 157 cm³/mol. The summed E-state index contributed by atoms with van der Waals surface area (Å²) >= 11 is 0. The smallest absolute Gasteiger partial charge is 0.407 e. The molecule has 0 saturated carbocycles. The lowest BCUT2D eigenvalue weighted by Gasteiger charge is -2.42. The highest BCUT2D eigenvalue weighted by Gasteiger charge is 2.34. The van der Waals surface area contributed by atoms with Crippen molar-refractivity contribution in [3.63, 3.8) is 0 Å². The van der Waals surface area contributed by atoms with Crippen LogP contribution in [-0.4, -0.2) is 71.2 Å². The molecule has 3 N–H and O–H groups in total. The topological polar surface area (TPSA) is 120 Å². The molecule has 1 amide bonds. The summed E-state index contributed by atoms with van der Waals surface area (Å²) in [6.45, 7) is 4.39. The number of rotatable bonds is 6. The van der Waals surface area contributed by atoms with E-state index in [-0.39, 0.29) is 35.2 Å². The van der Waals surface area contributed by atoms with E-state index in [1.54, 1.807) is 35.2 Å². The predicted octanol–water partition coefficient (Wildman–Crippen LogP) is 4.06. The Bertz CT molecular complexity index is 1590. The van der Waals surface area contributed by atoms with E-state index >= 15 is 8.78 Å². The number of anilines is 1. The number of methoxy groups -OCH3 is 1. The minimum atomic E-state index is -0.639. The van der Waals surface area contributed by atoms with E-state index < -0.39 is 17.7 Å². The van der Waals surface area contributed by atoms with Crippen LogP contribution >= 0.6 is 0 Å². The fraction of sp³-hybridized carbons (Fsp3) is 0.419. The quantitative estimate of drug-likeness (QED) is 0.345. The lowest BCUT2D eigenvalue weighted by atomic mass is 9.89. The van der Waals surface area contributed by atoms with Gasteiger partial charge in [-0.25, -0.2) is 23.1 Å². The number of nitrogens with zero attached hydrogens (tertiary/aromatic N) is 5. The van der Waals surface area contributed by atoms with Gasteiger partial charge in [0, 0.05) is 62.4 Å². The number of piperidine rings is 1. The number of halogens is 2. The average molecular weight is 592 g/mol. The van der Waals surface area contributed by atoms with Gasteiger partial charge < -0.3 is 25.4 Å². The van der Waals surface area contributed by atoms with Gasteiger partial charge in [0.25, 0.3) is 0 Å². The number of benzene rings is 1. The van der Waals surface area contributed by atoms with Crippen molar-refractivity contribution in [1.82, 2.24) is 24.9 Å². The molecule has 6 rings (SSSR count). The van der Waals surface area contributed by atoms with Gasteiger partial charge in [0.2, 0.25) is 0 Å². The molecule has 226 valence electrons. The number of fused-ring (bicyclic) bond motifs is 1. The fourth-order valence-electron chi connectivity index (χ4n) is 6.29. The summed E-state index contributed by atoms with van der Waals surface area (Å²) in [6, 6.07) is 7.61. The first-order valence-electron chi connectivity index (χ1n) is 14.5. The van der Waals surface area contributed by atoms with E-state index in [1.807, 2.05) is 13.0 Å². The van der Waals surface area contributed by atoms with Crippen LogP contribution in [0, 0.1) is 17.6 Å². The van der Waals surface area contributed by atoms with Crippen LogP contribution in [0.15, 0.2) is 48.9 Å². The Hall–Kier alpha value is -4.16. The van der Waals surface area contributed by atoms with Crippen molar-refractivity contribution in [3.8, 4) is 11.3 Å².